The van der Waals surface area contributed by atoms with Gasteiger partial charge in [-0.3, -0.25) is 4.99 Å². The summed E-state index contributed by atoms with van der Waals surface area (Å²) in [5.74, 6) is 0.938. The van der Waals surface area contributed by atoms with Gasteiger partial charge in [-0.1, -0.05) is 13.8 Å². The van der Waals surface area contributed by atoms with Crippen molar-refractivity contribution >= 4 is 5.96 Å². The maximum absolute atomic E-state index is 5.07. The second-order valence-electron chi connectivity index (χ2n) is 4.56. The predicted molar refractivity (Wildman–Crippen MR) is 51.8 cm³/mol. The quantitative estimate of drug-likeness (QED) is 0.599. The highest BCUT2D eigenvalue weighted by Gasteiger charge is 2.25. The lowest BCUT2D eigenvalue weighted by Crippen LogP contribution is -2.55. The topological polar surface area (TPSA) is 45.7 Å². The van der Waals surface area contributed by atoms with Gasteiger partial charge in [-0.2, -0.15) is 0 Å². The fourth-order valence-electron chi connectivity index (χ4n) is 1.34. The van der Waals surface area contributed by atoms with Gasteiger partial charge in [-0.05, 0) is 0 Å². The molecule has 0 amide bonds. The molecule has 0 aromatic heterocycles. The average Bonchev–Trinajstić information content (AvgIpc) is 1.99. The Kier molecular flexibility index (Phi) is 2.15. The molecule has 2 aliphatic rings. The predicted octanol–water partition coefficient (Wildman–Crippen LogP) is -0.0398. The first-order valence-corrected chi connectivity index (χ1v) is 4.78. The van der Waals surface area contributed by atoms with Crippen LogP contribution in [0.25, 0.3) is 0 Å². The van der Waals surface area contributed by atoms with Crippen LogP contribution < -0.4 is 10.6 Å². The van der Waals surface area contributed by atoms with Gasteiger partial charge in [0.1, 0.15) is 0 Å². The van der Waals surface area contributed by atoms with Crippen molar-refractivity contribution in [2.24, 2.45) is 10.4 Å². The molecule has 2 rings (SSSR count). The summed E-state index contributed by atoms with van der Waals surface area (Å²) in [6.45, 7) is 7.94. The van der Waals surface area contributed by atoms with E-state index in [9.17, 15) is 0 Å². The Morgan fingerprint density at radius 1 is 1.54 bits per heavy atom. The summed E-state index contributed by atoms with van der Waals surface area (Å²) in [5, 5.41) is 6.60. The minimum atomic E-state index is 0.293. The number of nitrogens with zero attached hydrogens (tertiary/aromatic N) is 1. The maximum Gasteiger partial charge on any atom is 0.191 e. The molecule has 1 saturated heterocycles. The van der Waals surface area contributed by atoms with E-state index in [0.717, 1.165) is 32.3 Å². The first-order valence-electron chi connectivity index (χ1n) is 4.78. The Morgan fingerprint density at radius 3 is 2.77 bits per heavy atom. The number of hydrogen-bond acceptors (Lipinski definition) is 4. The van der Waals surface area contributed by atoms with Crippen LogP contribution in [-0.4, -0.2) is 38.3 Å². The van der Waals surface area contributed by atoms with Crippen LogP contribution in [0.4, 0.5) is 0 Å². The average molecular weight is 183 g/mol. The molecule has 0 bridgehead atoms. The first kappa shape index (κ1) is 8.81. The van der Waals surface area contributed by atoms with E-state index in [1.807, 2.05) is 0 Å². The lowest BCUT2D eigenvalue weighted by molar-refractivity contribution is 0.00261. The van der Waals surface area contributed by atoms with Crippen LogP contribution in [0, 0.1) is 5.41 Å². The van der Waals surface area contributed by atoms with E-state index in [-0.39, 0.29) is 0 Å². The number of nitrogens with one attached hydrogen (secondary N) is 2. The van der Waals surface area contributed by atoms with E-state index in [1.54, 1.807) is 0 Å². The van der Waals surface area contributed by atoms with Gasteiger partial charge in [0.05, 0.1) is 19.3 Å². The van der Waals surface area contributed by atoms with E-state index in [2.05, 4.69) is 29.5 Å². The molecule has 4 nitrogen and oxygen atoms in total. The molecule has 0 aromatic carbocycles. The van der Waals surface area contributed by atoms with Crippen LogP contribution in [0.3, 0.4) is 0 Å². The molecule has 0 spiro atoms. The first-order chi connectivity index (χ1) is 6.16. The van der Waals surface area contributed by atoms with Gasteiger partial charge in [0.15, 0.2) is 5.96 Å². The van der Waals surface area contributed by atoms with Crippen LogP contribution >= 0.6 is 0 Å². The second kappa shape index (κ2) is 3.18. The third kappa shape index (κ3) is 2.12. The number of guanidine groups is 1. The van der Waals surface area contributed by atoms with Crippen LogP contribution in [0.15, 0.2) is 4.99 Å². The van der Waals surface area contributed by atoms with Crippen molar-refractivity contribution in [3.05, 3.63) is 0 Å². The molecule has 74 valence electrons. The molecule has 13 heavy (non-hydrogen) atoms. The van der Waals surface area contributed by atoms with Crippen molar-refractivity contribution in [2.45, 2.75) is 19.9 Å². The van der Waals surface area contributed by atoms with Crippen LogP contribution in [0.5, 0.6) is 0 Å². The maximum atomic E-state index is 5.07. The molecule has 0 unspecified atom stereocenters. The van der Waals surface area contributed by atoms with Gasteiger partial charge < -0.3 is 15.4 Å². The van der Waals surface area contributed by atoms with Crippen molar-refractivity contribution in [3.63, 3.8) is 0 Å². The molecule has 0 radical (unpaired) electrons. The third-order valence-electron chi connectivity index (χ3n) is 2.38. The van der Waals surface area contributed by atoms with Crippen LogP contribution in [0.2, 0.25) is 0 Å². The van der Waals surface area contributed by atoms with Crippen molar-refractivity contribution in [1.82, 2.24) is 10.6 Å². The van der Waals surface area contributed by atoms with Gasteiger partial charge in [-0.15, -0.1) is 0 Å². The minimum Gasteiger partial charge on any atom is -0.377 e. The lowest BCUT2D eigenvalue weighted by Gasteiger charge is -2.33. The Hall–Kier alpha value is -0.770. The number of ether oxygens (including phenoxy) is 1. The highest BCUT2D eigenvalue weighted by molar-refractivity contribution is 5.80. The summed E-state index contributed by atoms with van der Waals surface area (Å²) < 4.78 is 5.07. The third-order valence-corrected chi connectivity index (χ3v) is 2.38. The zero-order chi connectivity index (χ0) is 9.31. The highest BCUT2D eigenvalue weighted by atomic mass is 16.5. The molecule has 2 aliphatic heterocycles. The number of hydrogen-bond donors (Lipinski definition) is 2. The number of rotatable bonds is 1. The normalized spacial score (nSPS) is 27.1. The van der Waals surface area contributed by atoms with E-state index in [4.69, 9.17) is 4.74 Å². The Labute approximate surface area is 78.8 Å². The van der Waals surface area contributed by atoms with Gasteiger partial charge in [0, 0.05) is 18.5 Å². The van der Waals surface area contributed by atoms with Crippen LogP contribution in [0.1, 0.15) is 13.8 Å². The summed E-state index contributed by atoms with van der Waals surface area (Å²) in [6.07, 6.45) is 0. The second-order valence-corrected chi connectivity index (χ2v) is 4.56. The largest absolute Gasteiger partial charge is 0.377 e. The summed E-state index contributed by atoms with van der Waals surface area (Å²) in [5.41, 5.74) is 0.293. The van der Waals surface area contributed by atoms with Crippen molar-refractivity contribution in [3.8, 4) is 0 Å². The SMILES string of the molecule is CC1(C)CN=C(NC2COC2)NC1. The van der Waals surface area contributed by atoms with Crippen molar-refractivity contribution < 1.29 is 4.74 Å². The molecule has 0 aliphatic carbocycles. The van der Waals surface area contributed by atoms with E-state index in [0.29, 0.717) is 11.5 Å². The minimum absolute atomic E-state index is 0.293. The molecular formula is C9H17N3O. The molecule has 0 aromatic rings. The molecule has 1 fully saturated rings. The Bertz CT molecular complexity index is 221. The van der Waals surface area contributed by atoms with Crippen molar-refractivity contribution in [2.75, 3.05) is 26.3 Å². The fraction of sp³-hybridized carbons (Fsp3) is 0.889. The zero-order valence-electron chi connectivity index (χ0n) is 8.26. The van der Waals surface area contributed by atoms with Gasteiger partial charge in [0.2, 0.25) is 0 Å². The van der Waals surface area contributed by atoms with E-state index in [1.165, 1.54) is 0 Å². The fourth-order valence-corrected chi connectivity index (χ4v) is 1.34. The van der Waals surface area contributed by atoms with Crippen LogP contribution in [-0.2, 0) is 4.74 Å². The lowest BCUT2D eigenvalue weighted by atomic mass is 9.93. The number of aliphatic imine (C=N–C) groups is 1. The Morgan fingerprint density at radius 2 is 2.31 bits per heavy atom. The standard InChI is InChI=1S/C9H17N3O/c1-9(2)5-10-8(11-6-9)12-7-3-13-4-7/h7H,3-6H2,1-2H3,(H2,10,11,12). The molecular weight excluding hydrogens is 166 g/mol. The summed E-state index contributed by atoms with van der Waals surface area (Å²) in [4.78, 5) is 4.44. The van der Waals surface area contributed by atoms with E-state index < -0.39 is 0 Å². The van der Waals surface area contributed by atoms with Crippen molar-refractivity contribution in [1.29, 1.82) is 0 Å². The van der Waals surface area contributed by atoms with E-state index >= 15 is 0 Å². The van der Waals surface area contributed by atoms with Gasteiger partial charge >= 0.3 is 0 Å². The summed E-state index contributed by atoms with van der Waals surface area (Å²) in [7, 11) is 0. The Balaban J connectivity index is 1.84. The molecule has 2 heterocycles. The highest BCUT2D eigenvalue weighted by Crippen LogP contribution is 2.16. The zero-order valence-corrected chi connectivity index (χ0v) is 8.26. The summed E-state index contributed by atoms with van der Waals surface area (Å²) >= 11 is 0. The van der Waals surface area contributed by atoms with Gasteiger partial charge in [0.25, 0.3) is 0 Å². The summed E-state index contributed by atoms with van der Waals surface area (Å²) in [6, 6.07) is 0.465. The molecule has 2 N–H and O–H groups in total. The molecule has 0 saturated carbocycles. The van der Waals surface area contributed by atoms with Gasteiger partial charge in [-0.25, -0.2) is 0 Å². The smallest absolute Gasteiger partial charge is 0.191 e. The molecule has 0 atom stereocenters. The molecule has 4 heteroatoms. The monoisotopic (exact) mass is 183 g/mol.